The molecule has 0 atom stereocenters. The molecule has 2 aromatic carbocycles. The topological polar surface area (TPSA) is 94.7 Å². The number of aromatic amines is 1. The van der Waals surface area contributed by atoms with E-state index < -0.39 is 15.3 Å². The maximum atomic E-state index is 12.9. The van der Waals surface area contributed by atoms with Crippen LogP contribution in [0.1, 0.15) is 6.92 Å². The molecule has 0 saturated carbocycles. The molecule has 1 heterocycles. The number of ether oxygens (including phenoxy) is 3. The minimum Gasteiger partial charge on any atom is -0.494 e. The van der Waals surface area contributed by atoms with E-state index in [4.69, 9.17) is 14.2 Å². The van der Waals surface area contributed by atoms with Gasteiger partial charge in [-0.05, 0) is 37.3 Å². The summed E-state index contributed by atoms with van der Waals surface area (Å²) in [4.78, 5) is 15.4. The molecule has 1 N–H and O–H groups in total. The van der Waals surface area contributed by atoms with Gasteiger partial charge < -0.3 is 19.2 Å². The van der Waals surface area contributed by atoms with Crippen LogP contribution in [0.4, 0.5) is 0 Å². The Labute approximate surface area is 156 Å². The molecule has 3 rings (SSSR count). The second kappa shape index (κ2) is 7.32. The number of hydrogen-bond acceptors (Lipinski definition) is 6. The fraction of sp³-hybridized carbons (Fsp3) is 0.211. The van der Waals surface area contributed by atoms with Gasteiger partial charge in [-0.1, -0.05) is 0 Å². The molecular formula is C19H19NO6S. The van der Waals surface area contributed by atoms with E-state index in [1.807, 2.05) is 6.92 Å². The number of nitrogens with one attached hydrogen (secondary N) is 1. The molecule has 0 aliphatic rings. The standard InChI is InChI=1S/C19H19NO6S/c1-4-26-12-5-7-13(8-6-12)27(22,23)18-11-20-15-10-17(25-3)16(24-2)9-14(15)19(18)21/h5-11H,4H2,1-3H3,(H,20,21). The maximum absolute atomic E-state index is 12.9. The summed E-state index contributed by atoms with van der Waals surface area (Å²) in [5, 5.41) is 0.194. The third kappa shape index (κ3) is 3.35. The van der Waals surface area contributed by atoms with Gasteiger partial charge in [0, 0.05) is 12.3 Å². The zero-order valence-corrected chi connectivity index (χ0v) is 15.9. The molecule has 0 spiro atoms. The van der Waals surface area contributed by atoms with Gasteiger partial charge >= 0.3 is 0 Å². The van der Waals surface area contributed by atoms with E-state index in [1.165, 1.54) is 38.6 Å². The Morgan fingerprint density at radius 3 is 2.22 bits per heavy atom. The fourth-order valence-electron chi connectivity index (χ4n) is 2.74. The average Bonchev–Trinajstić information content (AvgIpc) is 2.67. The largest absolute Gasteiger partial charge is 0.494 e. The van der Waals surface area contributed by atoms with Crippen LogP contribution in [0.25, 0.3) is 10.9 Å². The van der Waals surface area contributed by atoms with Crippen molar-refractivity contribution in [2.75, 3.05) is 20.8 Å². The van der Waals surface area contributed by atoms with Crippen molar-refractivity contribution in [1.82, 2.24) is 4.98 Å². The predicted octanol–water partition coefficient (Wildman–Crippen LogP) is 2.78. The van der Waals surface area contributed by atoms with Crippen LogP contribution in [0.3, 0.4) is 0 Å². The van der Waals surface area contributed by atoms with Crippen LogP contribution in [-0.2, 0) is 9.84 Å². The van der Waals surface area contributed by atoms with Gasteiger partial charge in [-0.25, -0.2) is 8.42 Å². The summed E-state index contributed by atoms with van der Waals surface area (Å²) in [6, 6.07) is 8.99. The lowest BCUT2D eigenvalue weighted by Gasteiger charge is -2.10. The lowest BCUT2D eigenvalue weighted by Crippen LogP contribution is -2.16. The highest BCUT2D eigenvalue weighted by Gasteiger charge is 2.23. The molecular weight excluding hydrogens is 370 g/mol. The van der Waals surface area contributed by atoms with Gasteiger partial charge in [-0.15, -0.1) is 0 Å². The van der Waals surface area contributed by atoms with E-state index in [2.05, 4.69) is 4.98 Å². The van der Waals surface area contributed by atoms with E-state index in [-0.39, 0.29) is 15.2 Å². The second-order valence-electron chi connectivity index (χ2n) is 5.64. The molecule has 0 aliphatic carbocycles. The van der Waals surface area contributed by atoms with Crippen molar-refractivity contribution in [2.45, 2.75) is 16.7 Å². The number of pyridine rings is 1. The summed E-state index contributed by atoms with van der Waals surface area (Å²) in [7, 11) is -1.08. The number of aromatic nitrogens is 1. The summed E-state index contributed by atoms with van der Waals surface area (Å²) < 4.78 is 41.6. The quantitative estimate of drug-likeness (QED) is 0.697. The number of benzene rings is 2. The molecule has 0 saturated heterocycles. The van der Waals surface area contributed by atoms with Gasteiger partial charge in [-0.3, -0.25) is 4.79 Å². The lowest BCUT2D eigenvalue weighted by atomic mass is 10.2. The van der Waals surface area contributed by atoms with Crippen LogP contribution in [0.2, 0.25) is 0 Å². The van der Waals surface area contributed by atoms with E-state index in [9.17, 15) is 13.2 Å². The number of H-pyrrole nitrogens is 1. The van der Waals surface area contributed by atoms with Crippen LogP contribution in [-0.4, -0.2) is 34.2 Å². The smallest absolute Gasteiger partial charge is 0.211 e. The molecule has 0 aliphatic heterocycles. The summed E-state index contributed by atoms with van der Waals surface area (Å²) in [5.74, 6) is 1.33. The first-order valence-corrected chi connectivity index (χ1v) is 9.66. The average molecular weight is 389 g/mol. The highest BCUT2D eigenvalue weighted by atomic mass is 32.2. The normalized spacial score (nSPS) is 11.4. The summed E-state index contributed by atoms with van der Waals surface area (Å²) in [6.45, 7) is 2.31. The number of sulfone groups is 1. The molecule has 0 unspecified atom stereocenters. The zero-order chi connectivity index (χ0) is 19.6. The van der Waals surface area contributed by atoms with E-state index in [1.54, 1.807) is 18.2 Å². The van der Waals surface area contributed by atoms with Crippen LogP contribution in [0, 0.1) is 0 Å². The van der Waals surface area contributed by atoms with Crippen LogP contribution in [0.15, 0.2) is 57.2 Å². The number of fused-ring (bicyclic) bond motifs is 1. The number of hydrogen-bond donors (Lipinski definition) is 1. The molecule has 142 valence electrons. The first-order valence-electron chi connectivity index (χ1n) is 8.17. The van der Waals surface area contributed by atoms with Crippen molar-refractivity contribution < 1.29 is 22.6 Å². The third-order valence-corrected chi connectivity index (χ3v) is 5.86. The summed E-state index contributed by atoms with van der Waals surface area (Å²) in [5.41, 5.74) is -0.165. The lowest BCUT2D eigenvalue weighted by molar-refractivity contribution is 0.340. The molecule has 1 aromatic heterocycles. The zero-order valence-electron chi connectivity index (χ0n) is 15.1. The Morgan fingerprint density at radius 1 is 1.00 bits per heavy atom. The minimum absolute atomic E-state index is 0.0104. The number of methoxy groups -OCH3 is 2. The minimum atomic E-state index is -4.00. The first kappa shape index (κ1) is 18.8. The second-order valence-corrected chi connectivity index (χ2v) is 7.56. The van der Waals surface area contributed by atoms with E-state index in [0.717, 1.165) is 0 Å². The maximum Gasteiger partial charge on any atom is 0.211 e. The molecule has 0 amide bonds. The fourth-order valence-corrected chi connectivity index (χ4v) is 4.05. The summed E-state index contributed by atoms with van der Waals surface area (Å²) >= 11 is 0. The van der Waals surface area contributed by atoms with Crippen molar-refractivity contribution in [1.29, 1.82) is 0 Å². The van der Waals surface area contributed by atoms with Crippen molar-refractivity contribution in [3.05, 3.63) is 52.8 Å². The van der Waals surface area contributed by atoms with Gasteiger partial charge in [0.15, 0.2) is 11.5 Å². The molecule has 7 nitrogen and oxygen atoms in total. The van der Waals surface area contributed by atoms with Crippen molar-refractivity contribution in [3.63, 3.8) is 0 Å². The van der Waals surface area contributed by atoms with Gasteiger partial charge in [0.05, 0.1) is 36.6 Å². The molecule has 8 heteroatoms. The Kier molecular flexibility index (Phi) is 5.09. The SMILES string of the molecule is CCOc1ccc(S(=O)(=O)c2c[nH]c3cc(OC)c(OC)cc3c2=O)cc1. The monoisotopic (exact) mass is 389 g/mol. The van der Waals surface area contributed by atoms with Crippen molar-refractivity contribution in [3.8, 4) is 17.2 Å². The van der Waals surface area contributed by atoms with Crippen LogP contribution in [0.5, 0.6) is 17.2 Å². The predicted molar refractivity (Wildman–Crippen MR) is 101 cm³/mol. The van der Waals surface area contributed by atoms with Crippen molar-refractivity contribution >= 4 is 20.7 Å². The van der Waals surface area contributed by atoms with E-state index >= 15 is 0 Å². The highest BCUT2D eigenvalue weighted by molar-refractivity contribution is 7.91. The molecule has 3 aromatic rings. The van der Waals surface area contributed by atoms with Gasteiger partial charge in [0.2, 0.25) is 15.3 Å². The first-order chi connectivity index (χ1) is 12.9. The van der Waals surface area contributed by atoms with Gasteiger partial charge in [-0.2, -0.15) is 0 Å². The van der Waals surface area contributed by atoms with E-state index in [0.29, 0.717) is 29.4 Å². The van der Waals surface area contributed by atoms with Gasteiger partial charge in [0.25, 0.3) is 0 Å². The Morgan fingerprint density at radius 2 is 1.63 bits per heavy atom. The Hall–Kier alpha value is -3.00. The highest BCUT2D eigenvalue weighted by Crippen LogP contribution is 2.31. The van der Waals surface area contributed by atoms with Gasteiger partial charge in [0.1, 0.15) is 10.6 Å². The van der Waals surface area contributed by atoms with Crippen LogP contribution >= 0.6 is 0 Å². The van der Waals surface area contributed by atoms with Crippen LogP contribution < -0.4 is 19.6 Å². The van der Waals surface area contributed by atoms with Crippen molar-refractivity contribution in [2.24, 2.45) is 0 Å². The molecule has 0 radical (unpaired) electrons. The third-order valence-electron chi connectivity index (χ3n) is 4.09. The summed E-state index contributed by atoms with van der Waals surface area (Å²) in [6.07, 6.45) is 1.20. The molecule has 0 bridgehead atoms. The Bertz CT molecular complexity index is 1130. The molecule has 27 heavy (non-hydrogen) atoms. The number of rotatable bonds is 6. The Balaban J connectivity index is 2.15. The molecule has 0 fully saturated rings.